The summed E-state index contributed by atoms with van der Waals surface area (Å²) < 4.78 is 0. The fourth-order valence-corrected chi connectivity index (χ4v) is 3.09. The molecular formula is C13H11N3S2. The highest BCUT2D eigenvalue weighted by Crippen LogP contribution is 2.32. The monoisotopic (exact) mass is 273 g/mol. The first-order valence-electron chi connectivity index (χ1n) is 5.51. The van der Waals surface area contributed by atoms with Crippen molar-refractivity contribution in [3.05, 3.63) is 46.9 Å². The van der Waals surface area contributed by atoms with Crippen LogP contribution in [0.3, 0.4) is 0 Å². The molecule has 0 amide bonds. The fourth-order valence-electron chi connectivity index (χ4n) is 1.65. The summed E-state index contributed by atoms with van der Waals surface area (Å²) in [6, 6.07) is 8.17. The maximum Gasteiger partial charge on any atom is 0.188 e. The van der Waals surface area contributed by atoms with E-state index < -0.39 is 0 Å². The molecule has 0 saturated carbocycles. The first kappa shape index (κ1) is 11.4. The van der Waals surface area contributed by atoms with Crippen molar-refractivity contribution in [3.8, 4) is 10.4 Å². The molecule has 0 radical (unpaired) electrons. The molecule has 5 heteroatoms. The van der Waals surface area contributed by atoms with Crippen molar-refractivity contribution >= 4 is 33.6 Å². The molecule has 0 aliphatic carbocycles. The van der Waals surface area contributed by atoms with E-state index in [9.17, 15) is 0 Å². The highest BCUT2D eigenvalue weighted by Gasteiger charge is 2.08. The lowest BCUT2D eigenvalue weighted by atomic mass is 10.2. The lowest BCUT2D eigenvalue weighted by Crippen LogP contribution is -1.95. The van der Waals surface area contributed by atoms with Crippen molar-refractivity contribution in [2.75, 3.05) is 5.32 Å². The predicted molar refractivity (Wildman–Crippen MR) is 77.7 cm³/mol. The molecule has 0 saturated heterocycles. The molecule has 0 unspecified atom stereocenters. The minimum atomic E-state index is 0.856. The van der Waals surface area contributed by atoms with Crippen molar-refractivity contribution in [2.45, 2.75) is 6.92 Å². The summed E-state index contributed by atoms with van der Waals surface area (Å²) in [6.07, 6.45) is 1.79. The minimum absolute atomic E-state index is 0.856. The standard InChI is InChI=1S/C13H11N3S2/c1-9-8-18-13(15-9)16-12-10(4-2-6-14-12)11-5-3-7-17-11/h2-8H,1H3,(H,14,15,16). The molecule has 90 valence electrons. The number of thiazole rings is 1. The predicted octanol–water partition coefficient (Wildman–Crippen LogP) is 4.32. The van der Waals surface area contributed by atoms with Crippen LogP contribution in [0.2, 0.25) is 0 Å². The van der Waals surface area contributed by atoms with Crippen LogP contribution in [0.4, 0.5) is 10.9 Å². The second kappa shape index (κ2) is 4.88. The molecule has 3 nitrogen and oxygen atoms in total. The van der Waals surface area contributed by atoms with Gasteiger partial charge in [0.05, 0.1) is 5.69 Å². The Morgan fingerprint density at radius 3 is 2.83 bits per heavy atom. The van der Waals surface area contributed by atoms with E-state index in [1.165, 1.54) is 4.88 Å². The zero-order chi connectivity index (χ0) is 12.4. The van der Waals surface area contributed by atoms with Crippen molar-refractivity contribution in [2.24, 2.45) is 0 Å². The maximum atomic E-state index is 4.40. The van der Waals surface area contributed by atoms with Gasteiger partial charge in [-0.1, -0.05) is 6.07 Å². The first-order valence-corrected chi connectivity index (χ1v) is 7.27. The van der Waals surface area contributed by atoms with Crippen LogP contribution < -0.4 is 5.32 Å². The Kier molecular flexibility index (Phi) is 3.08. The Morgan fingerprint density at radius 2 is 2.11 bits per heavy atom. The van der Waals surface area contributed by atoms with E-state index in [1.807, 2.05) is 24.4 Å². The average Bonchev–Trinajstić information content (AvgIpc) is 3.02. The van der Waals surface area contributed by atoms with Crippen molar-refractivity contribution < 1.29 is 0 Å². The summed E-state index contributed by atoms with van der Waals surface area (Å²) in [5, 5.41) is 8.26. The van der Waals surface area contributed by atoms with Crippen molar-refractivity contribution in [1.29, 1.82) is 0 Å². The summed E-state index contributed by atoms with van der Waals surface area (Å²) >= 11 is 3.30. The van der Waals surface area contributed by atoms with Gasteiger partial charge in [0.2, 0.25) is 0 Å². The van der Waals surface area contributed by atoms with Gasteiger partial charge in [-0.3, -0.25) is 0 Å². The number of nitrogens with zero attached hydrogens (tertiary/aromatic N) is 2. The van der Waals surface area contributed by atoms with Crippen LogP contribution in [0.1, 0.15) is 5.69 Å². The number of thiophene rings is 1. The third kappa shape index (κ3) is 2.27. The molecule has 3 aromatic heterocycles. The molecule has 3 rings (SSSR count). The maximum absolute atomic E-state index is 4.40. The molecule has 1 N–H and O–H groups in total. The molecule has 0 bridgehead atoms. The van der Waals surface area contributed by atoms with Gasteiger partial charge in [0.25, 0.3) is 0 Å². The number of aryl methyl sites for hydroxylation is 1. The Bertz CT molecular complexity index is 644. The SMILES string of the molecule is Cc1csc(Nc2ncccc2-c2cccs2)n1. The highest BCUT2D eigenvalue weighted by atomic mass is 32.1. The Labute approximate surface area is 113 Å². The molecule has 0 fully saturated rings. The fraction of sp³-hybridized carbons (Fsp3) is 0.0769. The summed E-state index contributed by atoms with van der Waals surface area (Å²) in [5.41, 5.74) is 2.14. The van der Waals surface area contributed by atoms with Gasteiger partial charge in [-0.25, -0.2) is 9.97 Å². The lowest BCUT2D eigenvalue weighted by Gasteiger charge is -2.06. The smallest absolute Gasteiger partial charge is 0.188 e. The van der Waals surface area contributed by atoms with Crippen LogP contribution in [0, 0.1) is 6.92 Å². The molecule has 3 heterocycles. The number of pyridine rings is 1. The largest absolute Gasteiger partial charge is 0.316 e. The van der Waals surface area contributed by atoms with E-state index >= 15 is 0 Å². The average molecular weight is 273 g/mol. The molecule has 3 aromatic rings. The number of hydrogen-bond donors (Lipinski definition) is 1. The molecule has 0 aliphatic heterocycles. The van der Waals surface area contributed by atoms with Crippen LogP contribution in [0.25, 0.3) is 10.4 Å². The van der Waals surface area contributed by atoms with E-state index in [0.717, 1.165) is 22.2 Å². The molecule has 0 atom stereocenters. The second-order valence-electron chi connectivity index (χ2n) is 3.80. The van der Waals surface area contributed by atoms with Crippen molar-refractivity contribution in [1.82, 2.24) is 9.97 Å². The van der Waals surface area contributed by atoms with Gasteiger partial charge in [-0.2, -0.15) is 0 Å². The van der Waals surface area contributed by atoms with Crippen LogP contribution in [0.15, 0.2) is 41.2 Å². The van der Waals surface area contributed by atoms with Crippen LogP contribution in [-0.4, -0.2) is 9.97 Å². The summed E-state index contributed by atoms with van der Waals surface area (Å²) in [6.45, 7) is 1.99. The molecule has 0 aromatic carbocycles. The third-order valence-corrected chi connectivity index (χ3v) is 4.22. The van der Waals surface area contributed by atoms with E-state index in [2.05, 4.69) is 32.8 Å². The summed E-state index contributed by atoms with van der Waals surface area (Å²) in [7, 11) is 0. The van der Waals surface area contributed by atoms with E-state index in [4.69, 9.17) is 0 Å². The quantitative estimate of drug-likeness (QED) is 0.772. The summed E-state index contributed by atoms with van der Waals surface area (Å²) in [5.74, 6) is 0.856. The third-order valence-electron chi connectivity index (χ3n) is 2.44. The lowest BCUT2D eigenvalue weighted by molar-refractivity contribution is 1.24. The Morgan fingerprint density at radius 1 is 1.17 bits per heavy atom. The minimum Gasteiger partial charge on any atom is -0.316 e. The van der Waals surface area contributed by atoms with Gasteiger partial charge in [0.15, 0.2) is 5.13 Å². The molecule has 18 heavy (non-hydrogen) atoms. The van der Waals surface area contributed by atoms with Crippen LogP contribution in [-0.2, 0) is 0 Å². The number of hydrogen-bond acceptors (Lipinski definition) is 5. The van der Waals surface area contributed by atoms with Crippen molar-refractivity contribution in [3.63, 3.8) is 0 Å². The topological polar surface area (TPSA) is 37.8 Å². The zero-order valence-electron chi connectivity index (χ0n) is 9.75. The highest BCUT2D eigenvalue weighted by molar-refractivity contribution is 7.14. The van der Waals surface area contributed by atoms with E-state index in [-0.39, 0.29) is 0 Å². The number of rotatable bonds is 3. The van der Waals surface area contributed by atoms with Gasteiger partial charge < -0.3 is 5.32 Å². The van der Waals surface area contributed by atoms with Gasteiger partial charge in [0, 0.05) is 22.0 Å². The van der Waals surface area contributed by atoms with E-state index in [0.29, 0.717) is 0 Å². The number of anilines is 2. The van der Waals surface area contributed by atoms with Gasteiger partial charge >= 0.3 is 0 Å². The Hall–Kier alpha value is -1.72. The molecule has 0 aliphatic rings. The number of nitrogens with one attached hydrogen (secondary N) is 1. The van der Waals surface area contributed by atoms with E-state index in [1.54, 1.807) is 28.9 Å². The first-order chi connectivity index (χ1) is 8.83. The molecular weight excluding hydrogens is 262 g/mol. The molecule has 0 spiro atoms. The van der Waals surface area contributed by atoms with Crippen LogP contribution in [0.5, 0.6) is 0 Å². The summed E-state index contributed by atoms with van der Waals surface area (Å²) in [4.78, 5) is 10.0. The second-order valence-corrected chi connectivity index (χ2v) is 5.60. The van der Waals surface area contributed by atoms with Crippen LogP contribution >= 0.6 is 22.7 Å². The number of aromatic nitrogens is 2. The zero-order valence-corrected chi connectivity index (χ0v) is 11.4. The normalized spacial score (nSPS) is 10.5. The van der Waals surface area contributed by atoms with Gasteiger partial charge in [0.1, 0.15) is 5.82 Å². The van der Waals surface area contributed by atoms with Gasteiger partial charge in [-0.15, -0.1) is 22.7 Å². The van der Waals surface area contributed by atoms with Gasteiger partial charge in [-0.05, 0) is 30.5 Å². The Balaban J connectivity index is 1.97.